The Bertz CT molecular complexity index is 275. The fourth-order valence-electron chi connectivity index (χ4n) is 0.682. The van der Waals surface area contributed by atoms with Gasteiger partial charge in [-0.15, -0.1) is 0 Å². The summed E-state index contributed by atoms with van der Waals surface area (Å²) in [5.41, 5.74) is 0.647. The second-order valence-electron chi connectivity index (χ2n) is 2.16. The highest BCUT2D eigenvalue weighted by Gasteiger charge is 2.05. The van der Waals surface area contributed by atoms with E-state index in [1.165, 1.54) is 6.92 Å². The molecule has 0 saturated carbocycles. The second-order valence-corrected chi connectivity index (χ2v) is 2.16. The first-order valence-corrected chi connectivity index (χ1v) is 3.11. The lowest BCUT2D eigenvalue weighted by atomic mass is 10.1. The van der Waals surface area contributed by atoms with E-state index < -0.39 is 0 Å². The lowest BCUT2D eigenvalue weighted by Crippen LogP contribution is -1.96. The maximum atomic E-state index is 10.7. The fraction of sp³-hybridized carbons (Fsp3) is 0.375. The lowest BCUT2D eigenvalue weighted by Gasteiger charge is -1.94. The molecule has 0 fully saturated rings. The topological polar surface area (TPSA) is 64.7 Å². The van der Waals surface area contributed by atoms with Crippen molar-refractivity contribution in [3.63, 3.8) is 0 Å². The van der Waals surface area contributed by atoms with Crippen LogP contribution < -0.4 is 0 Å². The number of hydrogen-bond acceptors (Lipinski definition) is 3. The molecule has 3 heteroatoms. The Morgan fingerprint density at radius 3 is 2.18 bits per heavy atom. The number of ketones is 1. The van der Waals surface area contributed by atoms with E-state index in [-0.39, 0.29) is 17.8 Å². The van der Waals surface area contributed by atoms with Crippen LogP contribution in [-0.2, 0) is 4.79 Å². The molecule has 0 rings (SSSR count). The van der Waals surface area contributed by atoms with E-state index in [0.29, 0.717) is 5.57 Å². The maximum Gasteiger partial charge on any atom is 0.170 e. The van der Waals surface area contributed by atoms with Crippen LogP contribution in [0.4, 0.5) is 0 Å². The summed E-state index contributed by atoms with van der Waals surface area (Å²) in [5.74, 6) is -0.278. The first-order chi connectivity index (χ1) is 5.13. The van der Waals surface area contributed by atoms with Crippen molar-refractivity contribution >= 4 is 5.78 Å². The molecule has 0 N–H and O–H groups in total. The number of carbonyl (C=O) groups is 1. The number of allylic oxidation sites excluding steroid dienone is 2. The molecule has 0 radical (unpaired) electrons. The summed E-state index contributed by atoms with van der Waals surface area (Å²) >= 11 is 0. The molecule has 0 saturated heterocycles. The van der Waals surface area contributed by atoms with Gasteiger partial charge in [-0.1, -0.05) is 0 Å². The van der Waals surface area contributed by atoms with Gasteiger partial charge in [-0.25, -0.2) is 0 Å². The molecule has 0 aliphatic heterocycles. The average Bonchev–Trinajstić information content (AvgIpc) is 1.88. The highest BCUT2D eigenvalue weighted by atomic mass is 16.1. The molecule has 56 valence electrons. The van der Waals surface area contributed by atoms with Crippen LogP contribution >= 0.6 is 0 Å². The molecule has 0 aromatic rings. The van der Waals surface area contributed by atoms with E-state index in [0.717, 1.165) is 0 Å². The molecule has 0 amide bonds. The number of hydrogen-bond donors (Lipinski definition) is 0. The minimum atomic E-state index is -0.278. The molecule has 0 aromatic heterocycles. The summed E-state index contributed by atoms with van der Waals surface area (Å²) in [4.78, 5) is 10.7. The minimum absolute atomic E-state index is 0.103. The minimum Gasteiger partial charge on any atom is -0.294 e. The molecular weight excluding hydrogens is 140 g/mol. The zero-order chi connectivity index (χ0) is 8.85. The van der Waals surface area contributed by atoms with Gasteiger partial charge < -0.3 is 0 Å². The van der Waals surface area contributed by atoms with Crippen LogP contribution in [0.5, 0.6) is 0 Å². The molecule has 0 heterocycles. The summed E-state index contributed by atoms with van der Waals surface area (Å²) < 4.78 is 0. The Morgan fingerprint density at radius 2 is 1.91 bits per heavy atom. The zero-order valence-corrected chi connectivity index (χ0v) is 6.51. The third-order valence-corrected chi connectivity index (χ3v) is 1.23. The summed E-state index contributed by atoms with van der Waals surface area (Å²) in [6, 6.07) is 3.64. The first kappa shape index (κ1) is 9.39. The van der Waals surface area contributed by atoms with Crippen LogP contribution in [0.25, 0.3) is 0 Å². The number of rotatable bonds is 2. The van der Waals surface area contributed by atoms with Gasteiger partial charge in [0, 0.05) is 0 Å². The second kappa shape index (κ2) is 4.24. The van der Waals surface area contributed by atoms with Crippen molar-refractivity contribution in [3.05, 3.63) is 11.1 Å². The Labute approximate surface area is 65.6 Å². The summed E-state index contributed by atoms with van der Waals surface area (Å²) in [6.07, 6.45) is 0.141. The van der Waals surface area contributed by atoms with Crippen LogP contribution in [-0.4, -0.2) is 5.78 Å². The fourth-order valence-corrected chi connectivity index (χ4v) is 0.682. The Kier molecular flexibility index (Phi) is 3.62. The number of nitriles is 2. The van der Waals surface area contributed by atoms with Gasteiger partial charge in [0.25, 0.3) is 0 Å². The summed E-state index contributed by atoms with van der Waals surface area (Å²) in [6.45, 7) is 2.93. The summed E-state index contributed by atoms with van der Waals surface area (Å²) in [5, 5.41) is 16.7. The van der Waals surface area contributed by atoms with Crippen molar-refractivity contribution in [1.82, 2.24) is 0 Å². The van der Waals surface area contributed by atoms with Crippen LogP contribution in [0.3, 0.4) is 0 Å². The van der Waals surface area contributed by atoms with Crippen molar-refractivity contribution in [2.24, 2.45) is 0 Å². The van der Waals surface area contributed by atoms with Crippen LogP contribution in [0.2, 0.25) is 0 Å². The first-order valence-electron chi connectivity index (χ1n) is 3.11. The van der Waals surface area contributed by atoms with Gasteiger partial charge >= 0.3 is 0 Å². The van der Waals surface area contributed by atoms with Crippen molar-refractivity contribution in [3.8, 4) is 12.1 Å². The van der Waals surface area contributed by atoms with Gasteiger partial charge in [0.05, 0.1) is 18.1 Å². The van der Waals surface area contributed by atoms with Crippen molar-refractivity contribution < 1.29 is 4.79 Å². The molecule has 0 aliphatic rings. The standard InChI is InChI=1S/C8H8N2O/c1-6(3-4-9)8(5-10)7(2)11/h3H2,1-2H3/b8-6+. The van der Waals surface area contributed by atoms with Gasteiger partial charge in [-0.05, 0) is 19.4 Å². The Balaban J connectivity index is 4.76. The molecular formula is C8H8N2O. The lowest BCUT2D eigenvalue weighted by molar-refractivity contribution is -0.113. The van der Waals surface area contributed by atoms with Crippen molar-refractivity contribution in [2.75, 3.05) is 0 Å². The van der Waals surface area contributed by atoms with Gasteiger partial charge in [0.2, 0.25) is 0 Å². The van der Waals surface area contributed by atoms with Gasteiger partial charge in [-0.3, -0.25) is 4.79 Å². The van der Waals surface area contributed by atoms with E-state index in [2.05, 4.69) is 0 Å². The molecule has 11 heavy (non-hydrogen) atoms. The smallest absolute Gasteiger partial charge is 0.170 e. The van der Waals surface area contributed by atoms with Crippen molar-refractivity contribution in [1.29, 1.82) is 10.5 Å². The predicted molar refractivity (Wildman–Crippen MR) is 39.2 cm³/mol. The van der Waals surface area contributed by atoms with E-state index in [9.17, 15) is 4.79 Å². The third kappa shape index (κ3) is 2.64. The van der Waals surface area contributed by atoms with Crippen LogP contribution in [0.1, 0.15) is 20.3 Å². The SMILES string of the molecule is CC(=O)/C(C#N)=C(\C)CC#N. The van der Waals surface area contributed by atoms with Gasteiger partial charge in [-0.2, -0.15) is 10.5 Å². The third-order valence-electron chi connectivity index (χ3n) is 1.23. The van der Waals surface area contributed by atoms with Gasteiger partial charge in [0.15, 0.2) is 5.78 Å². The monoisotopic (exact) mass is 148 g/mol. The quantitative estimate of drug-likeness (QED) is 0.438. The van der Waals surface area contributed by atoms with E-state index in [1.54, 1.807) is 13.0 Å². The summed E-state index contributed by atoms with van der Waals surface area (Å²) in [7, 11) is 0. The van der Waals surface area contributed by atoms with Crippen LogP contribution in [0, 0.1) is 22.7 Å². The van der Waals surface area contributed by atoms with Gasteiger partial charge in [0.1, 0.15) is 6.07 Å². The molecule has 0 aliphatic carbocycles. The Morgan fingerprint density at radius 1 is 1.36 bits per heavy atom. The van der Waals surface area contributed by atoms with E-state index >= 15 is 0 Å². The van der Waals surface area contributed by atoms with Crippen molar-refractivity contribution in [2.45, 2.75) is 20.3 Å². The molecule has 0 aromatic carbocycles. The molecule has 3 nitrogen and oxygen atoms in total. The predicted octanol–water partition coefficient (Wildman–Crippen LogP) is 1.33. The van der Waals surface area contributed by atoms with E-state index in [1.807, 2.05) is 6.07 Å². The number of nitrogens with zero attached hydrogens (tertiary/aromatic N) is 2. The molecule has 0 unspecified atom stereocenters. The highest BCUT2D eigenvalue weighted by Crippen LogP contribution is 2.07. The zero-order valence-electron chi connectivity index (χ0n) is 6.51. The number of Topliss-reactive ketones (excluding diaryl/α,β-unsaturated/α-hetero) is 1. The van der Waals surface area contributed by atoms with E-state index in [4.69, 9.17) is 10.5 Å². The largest absolute Gasteiger partial charge is 0.294 e. The molecule has 0 spiro atoms. The van der Waals surface area contributed by atoms with Crippen LogP contribution in [0.15, 0.2) is 11.1 Å². The Hall–Kier alpha value is -1.61. The highest BCUT2D eigenvalue weighted by molar-refractivity contribution is 5.97. The molecule has 0 atom stereocenters. The molecule has 0 bridgehead atoms. The normalized spacial score (nSPS) is 10.9. The average molecular weight is 148 g/mol. The maximum absolute atomic E-state index is 10.7. The number of carbonyl (C=O) groups excluding carboxylic acids is 1.